The molecule has 1 aliphatic heterocycles. The van der Waals surface area contributed by atoms with Crippen LogP contribution in [-0.2, 0) is 4.79 Å². The van der Waals surface area contributed by atoms with E-state index >= 15 is 0 Å². The average molecular weight is 236 g/mol. The van der Waals surface area contributed by atoms with Crippen molar-refractivity contribution in [2.24, 2.45) is 0 Å². The highest BCUT2D eigenvalue weighted by Gasteiger charge is 2.10. The summed E-state index contributed by atoms with van der Waals surface area (Å²) in [6.07, 6.45) is 5.66. The van der Waals surface area contributed by atoms with Crippen LogP contribution >= 0.6 is 10.5 Å². The SMILES string of the molecule is O=C(O)CCS1=CC=CNc2cccnc21. The van der Waals surface area contributed by atoms with E-state index in [0.717, 1.165) is 10.7 Å². The van der Waals surface area contributed by atoms with Gasteiger partial charge < -0.3 is 10.4 Å². The van der Waals surface area contributed by atoms with E-state index in [9.17, 15) is 4.79 Å². The van der Waals surface area contributed by atoms with Crippen LogP contribution in [0, 0.1) is 0 Å². The molecule has 0 saturated carbocycles. The smallest absolute Gasteiger partial charge is 0.304 e. The van der Waals surface area contributed by atoms with Gasteiger partial charge in [0.15, 0.2) is 0 Å². The Labute approximate surface area is 95.9 Å². The molecule has 2 heterocycles. The van der Waals surface area contributed by atoms with Crippen molar-refractivity contribution >= 4 is 27.5 Å². The number of hydrogen-bond acceptors (Lipinski definition) is 3. The minimum atomic E-state index is -0.764. The largest absolute Gasteiger partial charge is 0.481 e. The normalized spacial score (nSPS) is 17.9. The van der Waals surface area contributed by atoms with E-state index in [-0.39, 0.29) is 16.9 Å². The van der Waals surface area contributed by atoms with Crippen LogP contribution in [0.15, 0.2) is 35.6 Å². The molecule has 0 spiro atoms. The zero-order valence-electron chi connectivity index (χ0n) is 8.59. The standard InChI is InChI=1S/C11H12N2O2S/c14-10(15)4-8-16-7-2-6-12-9-3-1-5-13-11(9)16/h1-3,5-7,12H,4,8H2,(H,14,15). The number of carboxylic acids is 1. The number of nitrogens with one attached hydrogen (secondary N) is 1. The quantitative estimate of drug-likeness (QED) is 0.787. The lowest BCUT2D eigenvalue weighted by Gasteiger charge is -2.09. The minimum Gasteiger partial charge on any atom is -0.481 e. The Bertz CT molecular complexity index is 469. The van der Waals surface area contributed by atoms with Crippen molar-refractivity contribution in [1.29, 1.82) is 0 Å². The Morgan fingerprint density at radius 1 is 1.56 bits per heavy atom. The maximum absolute atomic E-state index is 10.6. The molecule has 16 heavy (non-hydrogen) atoms. The Kier molecular flexibility index (Phi) is 3.36. The van der Waals surface area contributed by atoms with Crippen LogP contribution in [0.5, 0.6) is 0 Å². The van der Waals surface area contributed by atoms with Gasteiger partial charge >= 0.3 is 5.97 Å². The molecule has 2 N–H and O–H groups in total. The lowest BCUT2D eigenvalue weighted by molar-refractivity contribution is -0.136. The fraction of sp³-hybridized carbons (Fsp3) is 0.182. The zero-order valence-corrected chi connectivity index (χ0v) is 9.41. The Hall–Kier alpha value is -1.62. The maximum atomic E-state index is 10.6. The Morgan fingerprint density at radius 3 is 3.25 bits per heavy atom. The first-order chi connectivity index (χ1) is 7.77. The van der Waals surface area contributed by atoms with Crippen LogP contribution in [0.4, 0.5) is 5.69 Å². The number of hydrogen-bond donors (Lipinski definition) is 2. The summed E-state index contributed by atoms with van der Waals surface area (Å²) >= 11 is 0. The summed E-state index contributed by atoms with van der Waals surface area (Å²) in [5.74, 6) is -0.162. The highest BCUT2D eigenvalue weighted by atomic mass is 32.2. The number of allylic oxidation sites excluding steroid dienone is 1. The van der Waals surface area contributed by atoms with Gasteiger partial charge in [-0.15, -0.1) is 10.5 Å². The van der Waals surface area contributed by atoms with E-state index in [1.54, 1.807) is 6.20 Å². The van der Waals surface area contributed by atoms with Crippen molar-refractivity contribution in [3.63, 3.8) is 0 Å². The lowest BCUT2D eigenvalue weighted by Crippen LogP contribution is -1.99. The second-order valence-electron chi connectivity index (χ2n) is 3.27. The molecule has 0 aromatic carbocycles. The molecule has 0 fully saturated rings. The molecule has 1 atom stereocenters. The first-order valence-electron chi connectivity index (χ1n) is 4.90. The van der Waals surface area contributed by atoms with Gasteiger partial charge in [-0.1, -0.05) is 0 Å². The third-order valence-corrected chi connectivity index (χ3v) is 4.08. The average Bonchev–Trinajstić information content (AvgIpc) is 2.48. The van der Waals surface area contributed by atoms with Crippen LogP contribution in [0.25, 0.3) is 0 Å². The summed E-state index contributed by atoms with van der Waals surface area (Å²) in [4.78, 5) is 14.9. The van der Waals surface area contributed by atoms with Gasteiger partial charge in [0.2, 0.25) is 0 Å². The summed E-state index contributed by atoms with van der Waals surface area (Å²) in [5, 5.41) is 14.8. The van der Waals surface area contributed by atoms with Gasteiger partial charge in [0.1, 0.15) is 5.03 Å². The van der Waals surface area contributed by atoms with E-state index in [1.807, 2.05) is 29.8 Å². The van der Waals surface area contributed by atoms with Crippen molar-refractivity contribution in [3.05, 3.63) is 30.6 Å². The van der Waals surface area contributed by atoms with Crippen LogP contribution in [0.1, 0.15) is 6.42 Å². The summed E-state index contributed by atoms with van der Waals surface area (Å²) in [5.41, 5.74) is 0.959. The van der Waals surface area contributed by atoms with E-state index in [2.05, 4.69) is 10.3 Å². The predicted molar refractivity (Wildman–Crippen MR) is 66.0 cm³/mol. The number of anilines is 1. The van der Waals surface area contributed by atoms with Gasteiger partial charge in [-0.25, -0.2) is 4.98 Å². The fourth-order valence-electron chi connectivity index (χ4n) is 1.41. The van der Waals surface area contributed by atoms with Gasteiger partial charge in [-0.3, -0.25) is 4.79 Å². The second kappa shape index (κ2) is 4.94. The summed E-state index contributed by atoms with van der Waals surface area (Å²) < 4.78 is 0. The number of carboxylic acid groups (broad SMARTS) is 1. The van der Waals surface area contributed by atoms with Gasteiger partial charge in [-0.05, 0) is 23.6 Å². The molecule has 0 amide bonds. The first-order valence-corrected chi connectivity index (χ1v) is 6.36. The number of carbonyl (C=O) groups is 1. The second-order valence-corrected chi connectivity index (χ2v) is 5.20. The van der Waals surface area contributed by atoms with Gasteiger partial charge in [0.05, 0.1) is 12.1 Å². The summed E-state index contributed by atoms with van der Waals surface area (Å²) in [6.45, 7) is 0. The first kappa shape index (κ1) is 10.9. The molecule has 2 rings (SSSR count). The van der Waals surface area contributed by atoms with Crippen LogP contribution < -0.4 is 5.32 Å². The van der Waals surface area contributed by atoms with Crippen molar-refractivity contribution in [2.45, 2.75) is 11.4 Å². The topological polar surface area (TPSA) is 62.2 Å². The maximum Gasteiger partial charge on any atom is 0.304 e. The van der Waals surface area contributed by atoms with E-state index in [0.29, 0.717) is 5.75 Å². The van der Waals surface area contributed by atoms with Gasteiger partial charge in [0, 0.05) is 18.1 Å². The number of pyridine rings is 1. The molecule has 1 aromatic rings. The van der Waals surface area contributed by atoms with E-state index < -0.39 is 5.97 Å². The highest BCUT2D eigenvalue weighted by molar-refractivity contribution is 8.15. The molecule has 1 aliphatic rings. The molecule has 4 nitrogen and oxygen atoms in total. The monoisotopic (exact) mass is 236 g/mol. The van der Waals surface area contributed by atoms with Crippen LogP contribution in [0.2, 0.25) is 0 Å². The Morgan fingerprint density at radius 2 is 2.44 bits per heavy atom. The fourth-order valence-corrected chi connectivity index (χ4v) is 3.13. The molecule has 5 heteroatoms. The van der Waals surface area contributed by atoms with Crippen LogP contribution in [0.3, 0.4) is 0 Å². The molecule has 1 unspecified atom stereocenters. The highest BCUT2D eigenvalue weighted by Crippen LogP contribution is 2.32. The molecule has 0 radical (unpaired) electrons. The number of aliphatic carboxylic acids is 1. The molecular weight excluding hydrogens is 224 g/mol. The molecular formula is C11H12N2O2S. The molecule has 0 bridgehead atoms. The molecule has 84 valence electrons. The third kappa shape index (κ3) is 2.49. The van der Waals surface area contributed by atoms with Crippen molar-refractivity contribution < 1.29 is 9.90 Å². The van der Waals surface area contributed by atoms with E-state index in [4.69, 9.17) is 5.11 Å². The summed E-state index contributed by atoms with van der Waals surface area (Å²) in [7, 11) is -0.224. The number of aromatic nitrogens is 1. The molecule has 1 aromatic heterocycles. The molecule has 0 saturated heterocycles. The van der Waals surface area contributed by atoms with E-state index in [1.165, 1.54) is 0 Å². The number of rotatable bonds is 3. The zero-order chi connectivity index (χ0) is 11.4. The van der Waals surface area contributed by atoms with Crippen molar-refractivity contribution in [1.82, 2.24) is 4.98 Å². The minimum absolute atomic E-state index is 0.170. The Balaban J connectivity index is 2.27. The number of nitrogens with zero attached hydrogens (tertiary/aromatic N) is 1. The lowest BCUT2D eigenvalue weighted by atomic mass is 10.4. The van der Waals surface area contributed by atoms with Crippen molar-refractivity contribution in [3.8, 4) is 0 Å². The van der Waals surface area contributed by atoms with Crippen molar-refractivity contribution in [2.75, 3.05) is 11.1 Å². The summed E-state index contributed by atoms with van der Waals surface area (Å²) in [6, 6.07) is 3.82. The third-order valence-electron chi connectivity index (χ3n) is 2.13. The molecule has 0 aliphatic carbocycles. The number of fused-ring (bicyclic) bond motifs is 1. The van der Waals surface area contributed by atoms with Gasteiger partial charge in [0.25, 0.3) is 0 Å². The van der Waals surface area contributed by atoms with Crippen LogP contribution in [-0.4, -0.2) is 27.2 Å². The predicted octanol–water partition coefficient (Wildman–Crippen LogP) is 1.93. The van der Waals surface area contributed by atoms with Gasteiger partial charge in [-0.2, -0.15) is 0 Å².